The summed E-state index contributed by atoms with van der Waals surface area (Å²) >= 11 is 0. The highest BCUT2D eigenvalue weighted by Gasteiger charge is 2.17. The molecule has 0 saturated carbocycles. The Morgan fingerprint density at radius 3 is 3.08 bits per heavy atom. The molecule has 78 valence electrons. The average Bonchev–Trinajstić information content (AvgIpc) is 2.14. The normalized spacial score (nSPS) is 27.5. The molecule has 0 aromatic carbocycles. The molecular formula is C9H20N2O2. The Morgan fingerprint density at radius 1 is 1.69 bits per heavy atom. The zero-order valence-electron chi connectivity index (χ0n) is 8.49. The van der Waals surface area contributed by atoms with Crippen LogP contribution in [0.3, 0.4) is 0 Å². The van der Waals surface area contributed by atoms with Crippen molar-refractivity contribution in [3.63, 3.8) is 0 Å². The van der Waals surface area contributed by atoms with Gasteiger partial charge in [-0.05, 0) is 14.0 Å². The van der Waals surface area contributed by atoms with E-state index in [9.17, 15) is 0 Å². The van der Waals surface area contributed by atoms with E-state index in [-0.39, 0.29) is 18.8 Å². The highest BCUT2D eigenvalue weighted by molar-refractivity contribution is 4.72. The third kappa shape index (κ3) is 4.04. The van der Waals surface area contributed by atoms with Gasteiger partial charge in [-0.3, -0.25) is 0 Å². The molecule has 0 aliphatic carbocycles. The number of hydrogen-bond acceptors (Lipinski definition) is 4. The molecule has 0 amide bonds. The van der Waals surface area contributed by atoms with Crippen molar-refractivity contribution in [2.45, 2.75) is 19.1 Å². The summed E-state index contributed by atoms with van der Waals surface area (Å²) in [6.45, 7) is 5.79. The van der Waals surface area contributed by atoms with E-state index in [1.54, 1.807) is 0 Å². The Bertz CT molecular complexity index is 144. The van der Waals surface area contributed by atoms with Gasteiger partial charge < -0.3 is 20.1 Å². The van der Waals surface area contributed by atoms with Crippen LogP contribution in [0.1, 0.15) is 6.92 Å². The molecule has 1 aliphatic heterocycles. The summed E-state index contributed by atoms with van der Waals surface area (Å²) in [6.07, 6.45) is 0.271. The molecule has 1 rings (SSSR count). The molecule has 2 unspecified atom stereocenters. The van der Waals surface area contributed by atoms with Gasteiger partial charge in [0, 0.05) is 25.7 Å². The summed E-state index contributed by atoms with van der Waals surface area (Å²) in [5.41, 5.74) is 0. The van der Waals surface area contributed by atoms with E-state index in [0.717, 1.165) is 26.2 Å². The molecule has 1 fully saturated rings. The van der Waals surface area contributed by atoms with E-state index in [0.29, 0.717) is 0 Å². The lowest BCUT2D eigenvalue weighted by molar-refractivity contribution is -0.0197. The lowest BCUT2D eigenvalue weighted by atomic mass is 10.2. The van der Waals surface area contributed by atoms with Gasteiger partial charge in [0.2, 0.25) is 0 Å². The third-order valence-electron chi connectivity index (χ3n) is 2.31. The number of ether oxygens (including phenoxy) is 1. The lowest BCUT2D eigenvalue weighted by Crippen LogP contribution is -2.46. The van der Waals surface area contributed by atoms with Crippen LogP contribution in [-0.2, 0) is 4.74 Å². The fraction of sp³-hybridized carbons (Fsp3) is 1.00. The van der Waals surface area contributed by atoms with Gasteiger partial charge in [-0.25, -0.2) is 0 Å². The second kappa shape index (κ2) is 5.54. The van der Waals surface area contributed by atoms with Crippen LogP contribution in [0.5, 0.6) is 0 Å². The van der Waals surface area contributed by atoms with Gasteiger partial charge in [-0.2, -0.15) is 0 Å². The Morgan fingerprint density at radius 2 is 2.46 bits per heavy atom. The predicted octanol–water partition coefficient (Wildman–Crippen LogP) is -0.713. The van der Waals surface area contributed by atoms with Crippen LogP contribution in [0.25, 0.3) is 0 Å². The number of hydrogen-bond donors (Lipinski definition) is 2. The largest absolute Gasteiger partial charge is 0.395 e. The van der Waals surface area contributed by atoms with Gasteiger partial charge in [0.05, 0.1) is 19.3 Å². The molecule has 0 aromatic heterocycles. The number of rotatable bonds is 4. The molecule has 4 heteroatoms. The van der Waals surface area contributed by atoms with Crippen molar-refractivity contribution in [1.29, 1.82) is 0 Å². The first-order valence-electron chi connectivity index (χ1n) is 4.86. The van der Waals surface area contributed by atoms with Gasteiger partial charge in [-0.1, -0.05) is 0 Å². The van der Waals surface area contributed by atoms with Crippen molar-refractivity contribution >= 4 is 0 Å². The monoisotopic (exact) mass is 188 g/mol. The third-order valence-corrected chi connectivity index (χ3v) is 2.31. The highest BCUT2D eigenvalue weighted by atomic mass is 16.5. The van der Waals surface area contributed by atoms with Crippen LogP contribution < -0.4 is 5.32 Å². The number of aliphatic hydroxyl groups excluding tert-OH is 1. The van der Waals surface area contributed by atoms with Crippen LogP contribution in [0, 0.1) is 0 Å². The fourth-order valence-electron chi connectivity index (χ4n) is 1.39. The minimum atomic E-state index is 0.163. The Kier molecular flexibility index (Phi) is 4.66. The summed E-state index contributed by atoms with van der Waals surface area (Å²) in [7, 11) is 2.10. The number of nitrogens with one attached hydrogen (secondary N) is 1. The first kappa shape index (κ1) is 10.9. The molecular weight excluding hydrogens is 168 g/mol. The SMILES string of the molecule is CC(CO)NCC1CN(C)CCO1. The van der Waals surface area contributed by atoms with E-state index in [2.05, 4.69) is 17.3 Å². The van der Waals surface area contributed by atoms with Gasteiger partial charge in [0.15, 0.2) is 0 Å². The fourth-order valence-corrected chi connectivity index (χ4v) is 1.39. The van der Waals surface area contributed by atoms with Crippen LogP contribution >= 0.6 is 0 Å². The average molecular weight is 188 g/mol. The van der Waals surface area contributed by atoms with Crippen molar-refractivity contribution in [3.8, 4) is 0 Å². The summed E-state index contributed by atoms with van der Waals surface area (Å²) in [6, 6.07) is 0.163. The van der Waals surface area contributed by atoms with Gasteiger partial charge >= 0.3 is 0 Å². The summed E-state index contributed by atoms with van der Waals surface area (Å²) in [5.74, 6) is 0. The van der Waals surface area contributed by atoms with Crippen molar-refractivity contribution in [3.05, 3.63) is 0 Å². The van der Waals surface area contributed by atoms with Crippen LogP contribution in [0.2, 0.25) is 0 Å². The molecule has 1 heterocycles. The topological polar surface area (TPSA) is 44.7 Å². The number of morpholine rings is 1. The molecule has 0 spiro atoms. The summed E-state index contributed by atoms with van der Waals surface area (Å²) < 4.78 is 5.56. The Labute approximate surface area is 79.9 Å². The van der Waals surface area contributed by atoms with Crippen LogP contribution in [0.4, 0.5) is 0 Å². The molecule has 2 atom stereocenters. The van der Waals surface area contributed by atoms with Gasteiger partial charge in [0.1, 0.15) is 0 Å². The summed E-state index contributed by atoms with van der Waals surface area (Å²) in [5, 5.41) is 12.0. The zero-order valence-corrected chi connectivity index (χ0v) is 8.49. The maximum absolute atomic E-state index is 8.80. The molecule has 1 aliphatic rings. The maximum Gasteiger partial charge on any atom is 0.0826 e. The quantitative estimate of drug-likeness (QED) is 0.611. The molecule has 2 N–H and O–H groups in total. The van der Waals surface area contributed by atoms with E-state index in [1.807, 2.05) is 6.92 Å². The molecule has 4 nitrogen and oxygen atoms in total. The Balaban J connectivity index is 2.13. The van der Waals surface area contributed by atoms with E-state index in [4.69, 9.17) is 9.84 Å². The maximum atomic E-state index is 8.80. The number of likely N-dealkylation sites (N-methyl/N-ethyl adjacent to an activating group) is 1. The lowest BCUT2D eigenvalue weighted by Gasteiger charge is -2.30. The van der Waals surface area contributed by atoms with E-state index in [1.165, 1.54) is 0 Å². The molecule has 1 saturated heterocycles. The van der Waals surface area contributed by atoms with Crippen LogP contribution in [0.15, 0.2) is 0 Å². The first-order valence-corrected chi connectivity index (χ1v) is 4.86. The van der Waals surface area contributed by atoms with Crippen LogP contribution in [-0.4, -0.2) is 62.0 Å². The first-order chi connectivity index (χ1) is 6.22. The van der Waals surface area contributed by atoms with E-state index >= 15 is 0 Å². The predicted molar refractivity (Wildman–Crippen MR) is 51.8 cm³/mol. The molecule has 0 aromatic rings. The minimum Gasteiger partial charge on any atom is -0.395 e. The summed E-state index contributed by atoms with van der Waals surface area (Å²) in [4.78, 5) is 2.26. The number of nitrogens with zero attached hydrogens (tertiary/aromatic N) is 1. The van der Waals surface area contributed by atoms with Gasteiger partial charge in [-0.15, -0.1) is 0 Å². The highest BCUT2D eigenvalue weighted by Crippen LogP contribution is 2.01. The second-order valence-corrected chi connectivity index (χ2v) is 3.75. The molecule has 0 radical (unpaired) electrons. The Hall–Kier alpha value is -0.160. The van der Waals surface area contributed by atoms with Crippen molar-refractivity contribution < 1.29 is 9.84 Å². The molecule has 13 heavy (non-hydrogen) atoms. The van der Waals surface area contributed by atoms with Crippen molar-refractivity contribution in [2.24, 2.45) is 0 Å². The standard InChI is InChI=1S/C9H20N2O2/c1-8(7-12)10-5-9-6-11(2)3-4-13-9/h8-10,12H,3-7H2,1-2H3. The van der Waals surface area contributed by atoms with Gasteiger partial charge in [0.25, 0.3) is 0 Å². The number of aliphatic hydroxyl groups is 1. The van der Waals surface area contributed by atoms with E-state index < -0.39 is 0 Å². The minimum absolute atomic E-state index is 0.163. The van der Waals surface area contributed by atoms with Crippen molar-refractivity contribution in [1.82, 2.24) is 10.2 Å². The second-order valence-electron chi connectivity index (χ2n) is 3.75. The smallest absolute Gasteiger partial charge is 0.0826 e. The van der Waals surface area contributed by atoms with Crippen molar-refractivity contribution in [2.75, 3.05) is 39.9 Å². The molecule has 0 bridgehead atoms. The zero-order chi connectivity index (χ0) is 9.68.